The summed E-state index contributed by atoms with van der Waals surface area (Å²) in [6, 6.07) is 3.46. The van der Waals surface area contributed by atoms with Crippen LogP contribution >= 0.6 is 0 Å². The average Bonchev–Trinajstić information content (AvgIpc) is 2.16. The second kappa shape index (κ2) is 5.30. The van der Waals surface area contributed by atoms with Gasteiger partial charge in [-0.2, -0.15) is 13.2 Å². The van der Waals surface area contributed by atoms with Crippen LogP contribution in [-0.4, -0.2) is 22.4 Å². The number of pyridine rings is 1. The van der Waals surface area contributed by atoms with Crippen LogP contribution in [0.5, 0.6) is 0 Å². The molecule has 2 nitrogen and oxygen atoms in total. The fourth-order valence-electron chi connectivity index (χ4n) is 1.37. The van der Waals surface area contributed by atoms with E-state index in [9.17, 15) is 18.3 Å². The zero-order valence-electron chi connectivity index (χ0n) is 8.96. The number of hydrogen-bond donors (Lipinski definition) is 1. The number of aliphatic hydroxyl groups excluding tert-OH is 1. The molecule has 16 heavy (non-hydrogen) atoms. The SMILES string of the molecule is CCc1ccc(CC(O)CC(F)(F)F)nc1. The highest BCUT2D eigenvalue weighted by Gasteiger charge is 2.31. The summed E-state index contributed by atoms with van der Waals surface area (Å²) in [6.45, 7) is 1.97. The quantitative estimate of drug-likeness (QED) is 0.866. The number of alkyl halides is 3. The second-order valence-electron chi connectivity index (χ2n) is 3.69. The molecule has 1 aromatic heterocycles. The smallest absolute Gasteiger partial charge is 0.391 e. The minimum absolute atomic E-state index is 0.0660. The van der Waals surface area contributed by atoms with Gasteiger partial charge in [-0.25, -0.2) is 0 Å². The first kappa shape index (κ1) is 13.0. The van der Waals surface area contributed by atoms with Gasteiger partial charge in [-0.05, 0) is 18.1 Å². The third-order valence-corrected chi connectivity index (χ3v) is 2.21. The number of aliphatic hydroxyl groups is 1. The topological polar surface area (TPSA) is 33.1 Å². The molecule has 0 fully saturated rings. The number of aromatic nitrogens is 1. The van der Waals surface area contributed by atoms with Crippen molar-refractivity contribution in [3.63, 3.8) is 0 Å². The maximum absolute atomic E-state index is 11.9. The molecule has 0 saturated carbocycles. The van der Waals surface area contributed by atoms with Gasteiger partial charge in [0.2, 0.25) is 0 Å². The van der Waals surface area contributed by atoms with Gasteiger partial charge in [-0.15, -0.1) is 0 Å². The fraction of sp³-hybridized carbons (Fsp3) is 0.545. The second-order valence-corrected chi connectivity index (χ2v) is 3.69. The van der Waals surface area contributed by atoms with Crippen molar-refractivity contribution < 1.29 is 18.3 Å². The van der Waals surface area contributed by atoms with E-state index in [4.69, 9.17) is 0 Å². The molecule has 1 heterocycles. The summed E-state index contributed by atoms with van der Waals surface area (Å²) >= 11 is 0. The first-order chi connectivity index (χ1) is 7.40. The van der Waals surface area contributed by atoms with E-state index < -0.39 is 18.7 Å². The Morgan fingerprint density at radius 2 is 2.06 bits per heavy atom. The maximum Gasteiger partial charge on any atom is 0.391 e. The lowest BCUT2D eigenvalue weighted by Gasteiger charge is -2.12. The van der Waals surface area contributed by atoms with Crippen molar-refractivity contribution in [2.75, 3.05) is 0 Å². The van der Waals surface area contributed by atoms with Crippen molar-refractivity contribution in [3.05, 3.63) is 29.6 Å². The molecule has 0 aliphatic rings. The van der Waals surface area contributed by atoms with Crippen molar-refractivity contribution in [1.29, 1.82) is 0 Å². The van der Waals surface area contributed by atoms with E-state index in [1.807, 2.05) is 13.0 Å². The summed E-state index contributed by atoms with van der Waals surface area (Å²) in [5.74, 6) is 0. The van der Waals surface area contributed by atoms with Gasteiger partial charge < -0.3 is 5.11 Å². The minimum Gasteiger partial charge on any atom is -0.392 e. The van der Waals surface area contributed by atoms with E-state index >= 15 is 0 Å². The lowest BCUT2D eigenvalue weighted by Crippen LogP contribution is -2.21. The van der Waals surface area contributed by atoms with Crippen molar-refractivity contribution in [1.82, 2.24) is 4.98 Å². The zero-order chi connectivity index (χ0) is 12.2. The molecule has 90 valence electrons. The molecule has 1 atom stereocenters. The van der Waals surface area contributed by atoms with Crippen LogP contribution in [-0.2, 0) is 12.8 Å². The Hall–Kier alpha value is -1.10. The van der Waals surface area contributed by atoms with Gasteiger partial charge in [0.25, 0.3) is 0 Å². The summed E-state index contributed by atoms with van der Waals surface area (Å²) in [5, 5.41) is 9.20. The van der Waals surface area contributed by atoms with Crippen molar-refractivity contribution in [2.24, 2.45) is 0 Å². The van der Waals surface area contributed by atoms with E-state index in [0.29, 0.717) is 5.69 Å². The molecule has 0 saturated heterocycles. The minimum atomic E-state index is -4.33. The Kier molecular flexibility index (Phi) is 4.29. The van der Waals surface area contributed by atoms with Crippen LogP contribution in [0.25, 0.3) is 0 Å². The lowest BCUT2D eigenvalue weighted by atomic mass is 10.1. The molecule has 0 aliphatic carbocycles. The molecule has 1 rings (SSSR count). The molecule has 0 aliphatic heterocycles. The largest absolute Gasteiger partial charge is 0.392 e. The standard InChI is InChI=1S/C11H14F3NO/c1-2-8-3-4-9(15-7-8)5-10(16)6-11(12,13)14/h3-4,7,10,16H,2,5-6H2,1H3. The average molecular weight is 233 g/mol. The van der Waals surface area contributed by atoms with Crippen LogP contribution in [0, 0.1) is 0 Å². The molecule has 0 aromatic carbocycles. The number of nitrogens with zero attached hydrogens (tertiary/aromatic N) is 1. The van der Waals surface area contributed by atoms with Crippen molar-refractivity contribution in [2.45, 2.75) is 38.5 Å². The normalized spacial score (nSPS) is 13.8. The van der Waals surface area contributed by atoms with E-state index in [-0.39, 0.29) is 6.42 Å². The summed E-state index contributed by atoms with van der Waals surface area (Å²) in [7, 11) is 0. The van der Waals surface area contributed by atoms with Gasteiger partial charge in [-0.1, -0.05) is 13.0 Å². The van der Waals surface area contributed by atoms with E-state index in [1.165, 1.54) is 0 Å². The Morgan fingerprint density at radius 1 is 1.38 bits per heavy atom. The van der Waals surface area contributed by atoms with Crippen LogP contribution in [0.3, 0.4) is 0 Å². The van der Waals surface area contributed by atoms with E-state index in [1.54, 1.807) is 12.3 Å². The van der Waals surface area contributed by atoms with E-state index in [2.05, 4.69) is 4.98 Å². The summed E-state index contributed by atoms with van der Waals surface area (Å²) in [6.07, 6.45) is -4.55. The highest BCUT2D eigenvalue weighted by atomic mass is 19.4. The number of aryl methyl sites for hydroxylation is 1. The molecule has 0 bridgehead atoms. The highest BCUT2D eigenvalue weighted by Crippen LogP contribution is 2.22. The van der Waals surface area contributed by atoms with Crippen LogP contribution in [0.15, 0.2) is 18.3 Å². The van der Waals surface area contributed by atoms with Gasteiger partial charge in [0.15, 0.2) is 0 Å². The fourth-order valence-corrected chi connectivity index (χ4v) is 1.37. The summed E-state index contributed by atoms with van der Waals surface area (Å²) in [4.78, 5) is 3.99. The Morgan fingerprint density at radius 3 is 2.50 bits per heavy atom. The molecule has 1 N–H and O–H groups in total. The van der Waals surface area contributed by atoms with Crippen LogP contribution in [0.2, 0.25) is 0 Å². The van der Waals surface area contributed by atoms with Crippen LogP contribution in [0.4, 0.5) is 13.2 Å². The van der Waals surface area contributed by atoms with Gasteiger partial charge in [0.05, 0.1) is 12.5 Å². The van der Waals surface area contributed by atoms with Gasteiger partial charge in [-0.3, -0.25) is 4.98 Å². The molecule has 5 heteroatoms. The molecule has 1 aromatic rings. The van der Waals surface area contributed by atoms with Crippen LogP contribution < -0.4 is 0 Å². The lowest BCUT2D eigenvalue weighted by molar-refractivity contribution is -0.153. The zero-order valence-corrected chi connectivity index (χ0v) is 8.96. The first-order valence-electron chi connectivity index (χ1n) is 5.09. The summed E-state index contributed by atoms with van der Waals surface area (Å²) < 4.78 is 35.8. The molecular weight excluding hydrogens is 219 g/mol. The number of rotatable bonds is 4. The Balaban J connectivity index is 2.53. The monoisotopic (exact) mass is 233 g/mol. The van der Waals surface area contributed by atoms with Gasteiger partial charge in [0, 0.05) is 18.3 Å². The number of hydrogen-bond acceptors (Lipinski definition) is 2. The predicted molar refractivity (Wildman–Crippen MR) is 54.0 cm³/mol. The van der Waals surface area contributed by atoms with Crippen LogP contribution in [0.1, 0.15) is 24.6 Å². The number of halogens is 3. The molecular formula is C11H14F3NO. The maximum atomic E-state index is 11.9. The third-order valence-electron chi connectivity index (χ3n) is 2.21. The summed E-state index contributed by atoms with van der Waals surface area (Å²) in [5.41, 5.74) is 1.50. The molecule has 1 unspecified atom stereocenters. The predicted octanol–water partition coefficient (Wildman–Crippen LogP) is 2.50. The van der Waals surface area contributed by atoms with Crippen molar-refractivity contribution in [3.8, 4) is 0 Å². The Bertz CT molecular complexity index is 321. The first-order valence-corrected chi connectivity index (χ1v) is 5.09. The molecule has 0 amide bonds. The van der Waals surface area contributed by atoms with Gasteiger partial charge in [0.1, 0.15) is 0 Å². The molecule has 0 spiro atoms. The highest BCUT2D eigenvalue weighted by molar-refractivity contribution is 5.14. The Labute approximate surface area is 92.1 Å². The van der Waals surface area contributed by atoms with E-state index in [0.717, 1.165) is 12.0 Å². The van der Waals surface area contributed by atoms with Gasteiger partial charge >= 0.3 is 6.18 Å². The van der Waals surface area contributed by atoms with Crippen molar-refractivity contribution >= 4 is 0 Å². The molecule has 0 radical (unpaired) electrons. The third kappa shape index (κ3) is 4.61.